The van der Waals surface area contributed by atoms with Gasteiger partial charge in [0.1, 0.15) is 11.5 Å². The van der Waals surface area contributed by atoms with E-state index in [1.807, 2.05) is 19.9 Å². The van der Waals surface area contributed by atoms with Crippen molar-refractivity contribution in [1.29, 1.82) is 0 Å². The van der Waals surface area contributed by atoms with Crippen LogP contribution < -0.4 is 10.6 Å². The molecule has 0 saturated carbocycles. The van der Waals surface area contributed by atoms with Gasteiger partial charge in [-0.05, 0) is 38.3 Å². The van der Waals surface area contributed by atoms with Gasteiger partial charge < -0.3 is 20.2 Å². The average Bonchev–Trinajstić information content (AvgIpc) is 3.41. The van der Waals surface area contributed by atoms with E-state index in [0.717, 1.165) is 40.1 Å². The van der Waals surface area contributed by atoms with Gasteiger partial charge in [-0.25, -0.2) is 8.42 Å². The normalized spacial score (nSPS) is 13.1. The van der Waals surface area contributed by atoms with Crippen molar-refractivity contribution < 1.29 is 17.9 Å². The molecule has 0 aliphatic rings. The Morgan fingerprint density at radius 2 is 1.79 bits per heavy atom. The molecule has 33 heavy (non-hydrogen) atoms. The molecular formula is C21H31N5O4S3. The van der Waals surface area contributed by atoms with E-state index in [1.165, 1.54) is 4.31 Å². The summed E-state index contributed by atoms with van der Waals surface area (Å²) in [4.78, 5) is 0.634. The first-order valence-corrected chi connectivity index (χ1v) is 13.7. The van der Waals surface area contributed by atoms with E-state index in [4.69, 9.17) is 4.42 Å². The number of rotatable bonds is 10. The summed E-state index contributed by atoms with van der Waals surface area (Å²) in [7, 11) is -3.79. The van der Waals surface area contributed by atoms with Crippen LogP contribution in [0.1, 0.15) is 55.7 Å². The summed E-state index contributed by atoms with van der Waals surface area (Å²) >= 11 is 2.05. The predicted octanol–water partition coefficient (Wildman–Crippen LogP) is 5.41. The summed E-state index contributed by atoms with van der Waals surface area (Å²) in [6.07, 6.45) is 0. The van der Waals surface area contributed by atoms with Crippen LogP contribution >= 0.6 is 23.1 Å². The lowest BCUT2D eigenvalue weighted by Crippen LogP contribution is -2.30. The maximum atomic E-state index is 13.0. The van der Waals surface area contributed by atoms with E-state index in [-0.39, 0.29) is 21.9 Å². The van der Waals surface area contributed by atoms with Crippen molar-refractivity contribution in [1.82, 2.24) is 13.1 Å². The Hall–Kier alpha value is -2.15. The van der Waals surface area contributed by atoms with Crippen molar-refractivity contribution >= 4 is 50.4 Å². The number of thiophene rings is 1. The molecular weight excluding hydrogens is 482 g/mol. The highest BCUT2D eigenvalue weighted by molar-refractivity contribution is 7.91. The van der Waals surface area contributed by atoms with E-state index in [9.17, 15) is 13.5 Å². The molecule has 12 heteroatoms. The molecule has 3 aromatic heterocycles. The van der Waals surface area contributed by atoms with Crippen LogP contribution in [0.5, 0.6) is 5.75 Å². The Bertz CT molecular complexity index is 1190. The third kappa shape index (κ3) is 5.03. The number of nitrogens with one attached hydrogen (secondary N) is 2. The Morgan fingerprint density at radius 3 is 2.33 bits per heavy atom. The standard InChI is InChI=1S/C21H31N5O4S3/c1-8-26(9-2)33(28,29)21-18(27)17(14(7)31-21)23-20-19(24-32-25-20)22-16(11(3)4)15-10-12(5)13(6)30-15/h10-11,16,27H,8-9H2,1-7H3,(H,22,24)(H,23,25)/t16-/m1/s1. The molecule has 0 aromatic carbocycles. The minimum absolute atomic E-state index is 0.0782. The molecule has 0 saturated heterocycles. The molecule has 0 radical (unpaired) electrons. The van der Waals surface area contributed by atoms with Gasteiger partial charge in [0.15, 0.2) is 21.6 Å². The summed E-state index contributed by atoms with van der Waals surface area (Å²) < 4.78 is 41.8. The van der Waals surface area contributed by atoms with Gasteiger partial charge in [-0.1, -0.05) is 27.7 Å². The molecule has 9 nitrogen and oxygen atoms in total. The van der Waals surface area contributed by atoms with Gasteiger partial charge in [0, 0.05) is 18.0 Å². The van der Waals surface area contributed by atoms with Gasteiger partial charge in [-0.2, -0.15) is 13.1 Å². The van der Waals surface area contributed by atoms with Crippen LogP contribution in [0, 0.1) is 26.7 Å². The number of hydrogen-bond donors (Lipinski definition) is 3. The third-order valence-corrected chi connectivity index (χ3v) is 9.65. The first kappa shape index (κ1) is 25.5. The monoisotopic (exact) mass is 513 g/mol. The van der Waals surface area contributed by atoms with Crippen LogP contribution in [-0.2, 0) is 10.0 Å². The highest BCUT2D eigenvalue weighted by Crippen LogP contribution is 2.45. The zero-order valence-electron chi connectivity index (χ0n) is 19.9. The van der Waals surface area contributed by atoms with Crippen molar-refractivity contribution in [2.45, 2.75) is 58.7 Å². The topological polar surface area (TPSA) is 121 Å². The fourth-order valence-corrected chi connectivity index (χ4v) is 7.04. The molecule has 3 aromatic rings. The second-order valence-electron chi connectivity index (χ2n) is 8.10. The van der Waals surface area contributed by atoms with E-state index in [2.05, 4.69) is 33.2 Å². The molecule has 0 spiro atoms. The van der Waals surface area contributed by atoms with E-state index < -0.39 is 10.0 Å². The number of aryl methyl sites for hydroxylation is 3. The van der Waals surface area contributed by atoms with Gasteiger partial charge in [0.05, 0.1) is 23.5 Å². The molecule has 1 atom stereocenters. The summed E-state index contributed by atoms with van der Waals surface area (Å²) in [6, 6.07) is 1.87. The molecule has 0 unspecified atom stereocenters. The Kier molecular flexibility index (Phi) is 7.72. The molecule has 182 valence electrons. The third-order valence-electron chi connectivity index (χ3n) is 5.49. The van der Waals surface area contributed by atoms with Gasteiger partial charge in [-0.3, -0.25) is 0 Å². The average molecular weight is 514 g/mol. The molecule has 0 aliphatic carbocycles. The maximum absolute atomic E-state index is 13.0. The number of aromatic hydroxyl groups is 1. The second kappa shape index (κ2) is 10.00. The van der Waals surface area contributed by atoms with Gasteiger partial charge in [0.2, 0.25) is 0 Å². The van der Waals surface area contributed by atoms with Crippen molar-refractivity contribution in [3.05, 3.63) is 28.0 Å². The van der Waals surface area contributed by atoms with E-state index >= 15 is 0 Å². The summed E-state index contributed by atoms with van der Waals surface area (Å²) in [6.45, 7) is 14.0. The summed E-state index contributed by atoms with van der Waals surface area (Å²) in [5.41, 5.74) is 1.39. The zero-order chi connectivity index (χ0) is 24.5. The van der Waals surface area contributed by atoms with Crippen LogP contribution in [-0.4, -0.2) is 39.7 Å². The number of aromatic nitrogens is 2. The molecule has 3 rings (SSSR count). The minimum atomic E-state index is -3.79. The molecule has 0 bridgehead atoms. The van der Waals surface area contributed by atoms with Crippen LogP contribution in [0.25, 0.3) is 0 Å². The van der Waals surface area contributed by atoms with Crippen LogP contribution in [0.3, 0.4) is 0 Å². The quantitative estimate of drug-likeness (QED) is 0.329. The van der Waals surface area contributed by atoms with Gasteiger partial charge in [0.25, 0.3) is 10.0 Å². The number of furan rings is 1. The second-order valence-corrected chi connectivity index (χ2v) is 12.0. The Morgan fingerprint density at radius 1 is 1.15 bits per heavy atom. The highest BCUT2D eigenvalue weighted by atomic mass is 32.2. The Labute approximate surface area is 203 Å². The smallest absolute Gasteiger partial charge is 0.256 e. The lowest BCUT2D eigenvalue weighted by Gasteiger charge is -2.20. The minimum Gasteiger partial charge on any atom is -0.504 e. The number of sulfonamides is 1. The van der Waals surface area contributed by atoms with E-state index in [1.54, 1.807) is 20.8 Å². The first-order valence-electron chi connectivity index (χ1n) is 10.8. The zero-order valence-corrected chi connectivity index (χ0v) is 22.3. The molecule has 0 amide bonds. The van der Waals surface area contributed by atoms with Crippen molar-refractivity contribution in [3.8, 4) is 5.75 Å². The van der Waals surface area contributed by atoms with Crippen molar-refractivity contribution in [2.24, 2.45) is 5.92 Å². The van der Waals surface area contributed by atoms with Crippen molar-refractivity contribution in [3.63, 3.8) is 0 Å². The van der Waals surface area contributed by atoms with Gasteiger partial charge in [-0.15, -0.1) is 11.3 Å². The Balaban J connectivity index is 1.91. The lowest BCUT2D eigenvalue weighted by molar-refractivity contribution is 0.408. The molecule has 3 N–H and O–H groups in total. The van der Waals surface area contributed by atoms with E-state index in [0.29, 0.717) is 35.3 Å². The largest absolute Gasteiger partial charge is 0.504 e. The highest BCUT2D eigenvalue weighted by Gasteiger charge is 2.31. The number of hydrogen-bond acceptors (Lipinski definition) is 10. The molecule has 0 aliphatic heterocycles. The first-order chi connectivity index (χ1) is 15.5. The van der Waals surface area contributed by atoms with Crippen molar-refractivity contribution in [2.75, 3.05) is 23.7 Å². The molecule has 3 heterocycles. The van der Waals surface area contributed by atoms with Crippen LogP contribution in [0.4, 0.5) is 17.3 Å². The fourth-order valence-electron chi connectivity index (χ4n) is 3.46. The van der Waals surface area contributed by atoms with Crippen LogP contribution in [0.2, 0.25) is 0 Å². The number of anilines is 3. The number of nitrogens with zero attached hydrogens (tertiary/aromatic N) is 3. The maximum Gasteiger partial charge on any atom is 0.256 e. The SMILES string of the molecule is CCN(CC)S(=O)(=O)c1sc(C)c(Nc2nsnc2N[C@@H](c2cc(C)c(C)o2)C(C)C)c1O. The molecule has 0 fully saturated rings. The summed E-state index contributed by atoms with van der Waals surface area (Å²) in [5.74, 6) is 2.49. The fraction of sp³-hybridized carbons (Fsp3) is 0.524. The summed E-state index contributed by atoms with van der Waals surface area (Å²) in [5, 5.41) is 17.3. The predicted molar refractivity (Wildman–Crippen MR) is 133 cm³/mol. The lowest BCUT2D eigenvalue weighted by atomic mass is 10.0. The van der Waals surface area contributed by atoms with Gasteiger partial charge >= 0.3 is 0 Å². The van der Waals surface area contributed by atoms with Crippen LogP contribution in [0.15, 0.2) is 14.7 Å².